The maximum atomic E-state index is 4.57. The molecule has 3 rings (SSSR count). The first-order chi connectivity index (χ1) is 10.1. The molecule has 0 aliphatic rings. The van der Waals surface area contributed by atoms with Crippen molar-refractivity contribution in [2.24, 2.45) is 7.05 Å². The van der Waals surface area contributed by atoms with Crippen molar-refractivity contribution in [1.82, 2.24) is 25.0 Å². The van der Waals surface area contributed by atoms with Gasteiger partial charge in [0, 0.05) is 25.0 Å². The Labute approximate surface area is 123 Å². The van der Waals surface area contributed by atoms with Crippen LogP contribution in [0.25, 0.3) is 22.3 Å². The van der Waals surface area contributed by atoms with E-state index in [2.05, 4.69) is 52.4 Å². The van der Waals surface area contributed by atoms with E-state index in [-0.39, 0.29) is 0 Å². The summed E-state index contributed by atoms with van der Waals surface area (Å²) in [4.78, 5) is 4.45. The molecule has 0 spiro atoms. The van der Waals surface area contributed by atoms with Crippen LogP contribution in [0.5, 0.6) is 0 Å². The number of pyridine rings is 1. The summed E-state index contributed by atoms with van der Waals surface area (Å²) in [5.74, 6) is 0.843. The van der Waals surface area contributed by atoms with Crippen molar-refractivity contribution in [3.05, 3.63) is 24.0 Å². The number of aromatic amines is 1. The van der Waals surface area contributed by atoms with Crippen LogP contribution in [0, 0.1) is 0 Å². The first kappa shape index (κ1) is 13.6. The smallest absolute Gasteiger partial charge is 0.137 e. The number of hydrogen-bond donors (Lipinski definition) is 2. The number of rotatable bonds is 4. The van der Waals surface area contributed by atoms with Crippen molar-refractivity contribution < 1.29 is 0 Å². The number of nitrogens with zero attached hydrogens (tertiary/aromatic N) is 4. The largest absolute Gasteiger partial charge is 0.367 e. The SMILES string of the molecule is CCc1cc(-c2n[nH]c3ccnc(NC(C)C)c23)nn1C. The Bertz CT molecular complexity index is 768. The van der Waals surface area contributed by atoms with Gasteiger partial charge < -0.3 is 5.32 Å². The zero-order valence-electron chi connectivity index (χ0n) is 12.8. The highest BCUT2D eigenvalue weighted by Gasteiger charge is 2.17. The number of nitrogens with one attached hydrogen (secondary N) is 2. The molecule has 0 aromatic carbocycles. The van der Waals surface area contributed by atoms with Crippen molar-refractivity contribution in [2.45, 2.75) is 33.2 Å². The van der Waals surface area contributed by atoms with Crippen LogP contribution in [0.4, 0.5) is 5.82 Å². The quantitative estimate of drug-likeness (QED) is 0.772. The lowest BCUT2D eigenvalue weighted by Crippen LogP contribution is -2.11. The summed E-state index contributed by atoms with van der Waals surface area (Å²) in [7, 11) is 1.96. The zero-order valence-corrected chi connectivity index (χ0v) is 12.8. The number of aromatic nitrogens is 5. The van der Waals surface area contributed by atoms with Gasteiger partial charge in [-0.2, -0.15) is 10.2 Å². The number of H-pyrrole nitrogens is 1. The second kappa shape index (κ2) is 5.20. The third kappa shape index (κ3) is 2.37. The molecule has 0 bridgehead atoms. The minimum atomic E-state index is 0.306. The van der Waals surface area contributed by atoms with Crippen LogP contribution in [0.15, 0.2) is 18.3 Å². The van der Waals surface area contributed by atoms with Gasteiger partial charge in [0.1, 0.15) is 17.2 Å². The molecule has 0 aliphatic heterocycles. The van der Waals surface area contributed by atoms with E-state index in [1.54, 1.807) is 6.20 Å². The molecule has 6 heteroatoms. The lowest BCUT2D eigenvalue weighted by atomic mass is 10.1. The minimum absolute atomic E-state index is 0.306. The predicted molar refractivity (Wildman–Crippen MR) is 84.2 cm³/mol. The van der Waals surface area contributed by atoms with Gasteiger partial charge in [0.05, 0.1) is 10.9 Å². The van der Waals surface area contributed by atoms with Crippen LogP contribution >= 0.6 is 0 Å². The number of hydrogen-bond acceptors (Lipinski definition) is 4. The monoisotopic (exact) mass is 284 g/mol. The van der Waals surface area contributed by atoms with Gasteiger partial charge in [-0.05, 0) is 32.4 Å². The highest BCUT2D eigenvalue weighted by atomic mass is 15.3. The third-order valence-corrected chi connectivity index (χ3v) is 3.48. The fourth-order valence-electron chi connectivity index (χ4n) is 2.49. The summed E-state index contributed by atoms with van der Waals surface area (Å²) in [6, 6.07) is 4.32. The van der Waals surface area contributed by atoms with E-state index < -0.39 is 0 Å². The fourth-order valence-corrected chi connectivity index (χ4v) is 2.49. The summed E-state index contributed by atoms with van der Waals surface area (Å²) in [5, 5.41) is 16.4. The highest BCUT2D eigenvalue weighted by molar-refractivity contribution is 5.99. The van der Waals surface area contributed by atoms with Crippen molar-refractivity contribution in [3.63, 3.8) is 0 Å². The molecule has 0 saturated heterocycles. The van der Waals surface area contributed by atoms with Gasteiger partial charge in [-0.3, -0.25) is 9.78 Å². The second-order valence-corrected chi connectivity index (χ2v) is 5.45. The van der Waals surface area contributed by atoms with Crippen LogP contribution in [-0.4, -0.2) is 31.0 Å². The molecule has 110 valence electrons. The predicted octanol–water partition coefficient (Wildman–Crippen LogP) is 2.74. The lowest BCUT2D eigenvalue weighted by Gasteiger charge is -2.10. The van der Waals surface area contributed by atoms with Crippen LogP contribution in [0.1, 0.15) is 26.5 Å². The van der Waals surface area contributed by atoms with Gasteiger partial charge in [0.25, 0.3) is 0 Å². The Hall–Kier alpha value is -2.37. The maximum Gasteiger partial charge on any atom is 0.137 e. The fraction of sp³-hybridized carbons (Fsp3) is 0.400. The summed E-state index contributed by atoms with van der Waals surface area (Å²) < 4.78 is 1.90. The highest BCUT2D eigenvalue weighted by Crippen LogP contribution is 2.30. The van der Waals surface area contributed by atoms with Crippen molar-refractivity contribution in [3.8, 4) is 11.4 Å². The van der Waals surface area contributed by atoms with Crippen LogP contribution in [-0.2, 0) is 13.5 Å². The van der Waals surface area contributed by atoms with E-state index in [1.165, 1.54) is 5.69 Å². The number of fused-ring (bicyclic) bond motifs is 1. The first-order valence-corrected chi connectivity index (χ1v) is 7.23. The standard InChI is InChI=1S/C15H20N6/c1-5-10-8-12(20-21(10)4)14-13-11(18-19-14)6-7-16-15(13)17-9(2)3/h6-9H,5H2,1-4H3,(H,16,17)(H,18,19). The van der Waals surface area contributed by atoms with Gasteiger partial charge in [0.15, 0.2) is 0 Å². The van der Waals surface area contributed by atoms with Crippen LogP contribution < -0.4 is 5.32 Å². The molecule has 0 radical (unpaired) electrons. The van der Waals surface area contributed by atoms with E-state index in [9.17, 15) is 0 Å². The van der Waals surface area contributed by atoms with E-state index >= 15 is 0 Å². The second-order valence-electron chi connectivity index (χ2n) is 5.45. The molecule has 3 aromatic rings. The number of anilines is 1. The molecule has 2 N–H and O–H groups in total. The van der Waals surface area contributed by atoms with Crippen molar-refractivity contribution in [2.75, 3.05) is 5.32 Å². The molecular weight excluding hydrogens is 264 g/mol. The molecule has 0 unspecified atom stereocenters. The van der Waals surface area contributed by atoms with E-state index in [4.69, 9.17) is 0 Å². The van der Waals surface area contributed by atoms with Gasteiger partial charge in [-0.1, -0.05) is 6.92 Å². The molecule has 0 saturated carbocycles. The lowest BCUT2D eigenvalue weighted by molar-refractivity contribution is 0.720. The van der Waals surface area contributed by atoms with Crippen LogP contribution in [0.2, 0.25) is 0 Å². The maximum absolute atomic E-state index is 4.57. The molecule has 3 aromatic heterocycles. The molecule has 0 amide bonds. The molecule has 0 aliphatic carbocycles. The van der Waals surface area contributed by atoms with E-state index in [1.807, 2.05) is 17.8 Å². The van der Waals surface area contributed by atoms with Gasteiger partial charge in [-0.15, -0.1) is 0 Å². The summed E-state index contributed by atoms with van der Waals surface area (Å²) in [6.45, 7) is 6.31. The molecule has 3 heterocycles. The van der Waals surface area contributed by atoms with Crippen molar-refractivity contribution >= 4 is 16.7 Å². The summed E-state index contributed by atoms with van der Waals surface area (Å²) in [6.07, 6.45) is 2.73. The van der Waals surface area contributed by atoms with E-state index in [0.29, 0.717) is 6.04 Å². The molecule has 6 nitrogen and oxygen atoms in total. The van der Waals surface area contributed by atoms with Gasteiger partial charge in [-0.25, -0.2) is 4.98 Å². The molecular formula is C15H20N6. The molecule has 0 atom stereocenters. The third-order valence-electron chi connectivity index (χ3n) is 3.48. The Kier molecular flexibility index (Phi) is 3.37. The Balaban J connectivity index is 2.18. The topological polar surface area (TPSA) is 71.4 Å². The normalized spacial score (nSPS) is 11.5. The Morgan fingerprint density at radius 1 is 1.38 bits per heavy atom. The Morgan fingerprint density at radius 2 is 2.19 bits per heavy atom. The summed E-state index contributed by atoms with van der Waals surface area (Å²) >= 11 is 0. The summed E-state index contributed by atoms with van der Waals surface area (Å²) in [5.41, 5.74) is 3.87. The van der Waals surface area contributed by atoms with Gasteiger partial charge >= 0.3 is 0 Å². The Morgan fingerprint density at radius 3 is 2.86 bits per heavy atom. The molecule has 21 heavy (non-hydrogen) atoms. The van der Waals surface area contributed by atoms with Crippen molar-refractivity contribution in [1.29, 1.82) is 0 Å². The zero-order chi connectivity index (χ0) is 15.0. The average Bonchev–Trinajstić information content (AvgIpc) is 3.02. The average molecular weight is 284 g/mol. The van der Waals surface area contributed by atoms with E-state index in [0.717, 1.165) is 34.5 Å². The van der Waals surface area contributed by atoms with Crippen LogP contribution in [0.3, 0.4) is 0 Å². The first-order valence-electron chi connectivity index (χ1n) is 7.23. The number of aryl methyl sites for hydroxylation is 2. The molecule has 0 fully saturated rings. The minimum Gasteiger partial charge on any atom is -0.367 e. The van der Waals surface area contributed by atoms with Gasteiger partial charge in [0.2, 0.25) is 0 Å².